The highest BCUT2D eigenvalue weighted by molar-refractivity contribution is 7.99. The van der Waals surface area contributed by atoms with E-state index in [1.807, 2.05) is 13.8 Å². The zero-order valence-corrected chi connectivity index (χ0v) is 13.0. The molecule has 0 radical (unpaired) electrons. The predicted octanol–water partition coefficient (Wildman–Crippen LogP) is 2.00. The molecule has 0 bridgehead atoms. The molecule has 0 saturated heterocycles. The van der Waals surface area contributed by atoms with E-state index in [0.717, 1.165) is 48.6 Å². The highest BCUT2D eigenvalue weighted by Crippen LogP contribution is 2.19. The molecule has 1 aromatic rings. The van der Waals surface area contributed by atoms with Gasteiger partial charge in [0.1, 0.15) is 11.6 Å². The van der Waals surface area contributed by atoms with Crippen LogP contribution < -0.4 is 5.32 Å². The fourth-order valence-corrected chi connectivity index (χ4v) is 2.71. The lowest BCUT2D eigenvalue weighted by molar-refractivity contribution is 0.296. The lowest BCUT2D eigenvalue weighted by Crippen LogP contribution is -2.12. The van der Waals surface area contributed by atoms with Crippen molar-refractivity contribution in [1.29, 1.82) is 5.26 Å². The first kappa shape index (κ1) is 16.7. The number of aryl methyl sites for hydroxylation is 1. The normalized spacial score (nSPS) is 10.3. The third-order valence-electron chi connectivity index (χ3n) is 2.94. The maximum Gasteiger partial charge on any atom is 0.166 e. The standard InChI is InChI=1S/C14H22N4OS/c1-3-11-12(10-15)14(18-17-13(11)4-2)16-6-9-20-8-5-7-19/h19H,3-9H2,1-2H3,(H,16,18). The van der Waals surface area contributed by atoms with E-state index >= 15 is 0 Å². The number of nitriles is 1. The molecular weight excluding hydrogens is 272 g/mol. The Morgan fingerprint density at radius 1 is 1.25 bits per heavy atom. The van der Waals surface area contributed by atoms with Gasteiger partial charge in [0.05, 0.1) is 5.69 Å². The minimum Gasteiger partial charge on any atom is -0.396 e. The van der Waals surface area contributed by atoms with Crippen molar-refractivity contribution in [3.63, 3.8) is 0 Å². The van der Waals surface area contributed by atoms with Crippen molar-refractivity contribution < 1.29 is 5.11 Å². The molecule has 110 valence electrons. The van der Waals surface area contributed by atoms with Crippen LogP contribution in [-0.4, -0.2) is 40.0 Å². The summed E-state index contributed by atoms with van der Waals surface area (Å²) in [7, 11) is 0. The van der Waals surface area contributed by atoms with Crippen molar-refractivity contribution in [2.45, 2.75) is 33.1 Å². The number of aliphatic hydroxyl groups is 1. The fraction of sp³-hybridized carbons (Fsp3) is 0.643. The Morgan fingerprint density at radius 3 is 2.65 bits per heavy atom. The van der Waals surface area contributed by atoms with Gasteiger partial charge in [0, 0.05) is 18.9 Å². The van der Waals surface area contributed by atoms with Crippen molar-refractivity contribution in [2.75, 3.05) is 30.0 Å². The molecule has 0 aliphatic rings. The second kappa shape index (κ2) is 9.56. The zero-order valence-electron chi connectivity index (χ0n) is 12.1. The first-order valence-electron chi connectivity index (χ1n) is 6.99. The van der Waals surface area contributed by atoms with Crippen molar-refractivity contribution in [3.05, 3.63) is 16.8 Å². The molecule has 6 heteroatoms. The van der Waals surface area contributed by atoms with Crippen LogP contribution in [0.4, 0.5) is 5.82 Å². The third-order valence-corrected chi connectivity index (χ3v) is 4.01. The molecule has 20 heavy (non-hydrogen) atoms. The van der Waals surface area contributed by atoms with Crippen LogP contribution in [0.1, 0.15) is 37.1 Å². The van der Waals surface area contributed by atoms with Gasteiger partial charge in [-0.25, -0.2) is 0 Å². The highest BCUT2D eigenvalue weighted by Gasteiger charge is 2.13. The fourth-order valence-electron chi connectivity index (χ4n) is 1.93. The molecule has 0 atom stereocenters. The van der Waals surface area contributed by atoms with E-state index in [9.17, 15) is 5.26 Å². The first-order chi connectivity index (χ1) is 9.78. The second-order valence-corrected chi connectivity index (χ2v) is 5.51. The van der Waals surface area contributed by atoms with Gasteiger partial charge in [-0.2, -0.15) is 22.1 Å². The topological polar surface area (TPSA) is 81.8 Å². The highest BCUT2D eigenvalue weighted by atomic mass is 32.2. The van der Waals surface area contributed by atoms with E-state index in [4.69, 9.17) is 5.11 Å². The van der Waals surface area contributed by atoms with Crippen LogP contribution in [0.15, 0.2) is 0 Å². The molecule has 0 aliphatic heterocycles. The number of nitrogens with one attached hydrogen (secondary N) is 1. The summed E-state index contributed by atoms with van der Waals surface area (Å²) in [4.78, 5) is 0. The molecule has 0 aliphatic carbocycles. The molecule has 5 nitrogen and oxygen atoms in total. The van der Waals surface area contributed by atoms with Gasteiger partial charge < -0.3 is 10.4 Å². The van der Waals surface area contributed by atoms with E-state index in [2.05, 4.69) is 21.6 Å². The molecule has 1 rings (SSSR count). The SMILES string of the molecule is CCc1nnc(NCCSCCCO)c(C#N)c1CC. The number of aromatic nitrogens is 2. The maximum absolute atomic E-state index is 9.33. The maximum atomic E-state index is 9.33. The molecule has 1 aromatic heterocycles. The number of hydrogen-bond donors (Lipinski definition) is 2. The quantitative estimate of drug-likeness (QED) is 0.678. The minimum atomic E-state index is 0.239. The monoisotopic (exact) mass is 294 g/mol. The van der Waals surface area contributed by atoms with E-state index in [-0.39, 0.29) is 6.61 Å². The largest absolute Gasteiger partial charge is 0.396 e. The van der Waals surface area contributed by atoms with E-state index < -0.39 is 0 Å². The summed E-state index contributed by atoms with van der Waals surface area (Å²) in [6.07, 6.45) is 2.41. The van der Waals surface area contributed by atoms with Crippen molar-refractivity contribution in [1.82, 2.24) is 10.2 Å². The van der Waals surface area contributed by atoms with Crippen LogP contribution in [0, 0.1) is 11.3 Å². The van der Waals surface area contributed by atoms with Gasteiger partial charge in [-0.15, -0.1) is 5.10 Å². The summed E-state index contributed by atoms with van der Waals surface area (Å²) >= 11 is 1.77. The van der Waals surface area contributed by atoms with Crippen molar-refractivity contribution in [2.24, 2.45) is 0 Å². The predicted molar refractivity (Wildman–Crippen MR) is 83.0 cm³/mol. The smallest absolute Gasteiger partial charge is 0.166 e. The Morgan fingerprint density at radius 2 is 2.05 bits per heavy atom. The van der Waals surface area contributed by atoms with E-state index in [0.29, 0.717) is 11.4 Å². The molecule has 1 heterocycles. The van der Waals surface area contributed by atoms with Crippen LogP contribution in [0.5, 0.6) is 0 Å². The number of hydrogen-bond acceptors (Lipinski definition) is 6. The van der Waals surface area contributed by atoms with Crippen LogP contribution in [0.25, 0.3) is 0 Å². The number of thioether (sulfide) groups is 1. The second-order valence-electron chi connectivity index (χ2n) is 4.28. The molecule has 0 unspecified atom stereocenters. The number of rotatable bonds is 9. The third kappa shape index (κ3) is 4.66. The van der Waals surface area contributed by atoms with Crippen LogP contribution in [0.3, 0.4) is 0 Å². The molecule has 0 spiro atoms. The van der Waals surface area contributed by atoms with Gasteiger partial charge in [0.2, 0.25) is 0 Å². The summed E-state index contributed by atoms with van der Waals surface area (Å²) < 4.78 is 0. The average molecular weight is 294 g/mol. The molecule has 0 fully saturated rings. The Labute approximate surface area is 124 Å². The lowest BCUT2D eigenvalue weighted by atomic mass is 10.0. The first-order valence-corrected chi connectivity index (χ1v) is 8.14. The molecule has 0 amide bonds. The van der Waals surface area contributed by atoms with Gasteiger partial charge in [0.25, 0.3) is 0 Å². The molecule has 0 aromatic carbocycles. The van der Waals surface area contributed by atoms with Crippen molar-refractivity contribution in [3.8, 4) is 6.07 Å². The molecule has 2 N–H and O–H groups in total. The summed E-state index contributed by atoms with van der Waals surface area (Å²) in [6, 6.07) is 2.25. The van der Waals surface area contributed by atoms with Gasteiger partial charge in [-0.1, -0.05) is 13.8 Å². The Kier molecular flexibility index (Phi) is 8.00. The van der Waals surface area contributed by atoms with Gasteiger partial charge >= 0.3 is 0 Å². The summed E-state index contributed by atoms with van der Waals surface area (Å²) in [5.74, 6) is 2.46. The summed E-state index contributed by atoms with van der Waals surface area (Å²) in [5.41, 5.74) is 2.53. The Hall–Kier alpha value is -1.32. The van der Waals surface area contributed by atoms with Crippen LogP contribution >= 0.6 is 11.8 Å². The average Bonchev–Trinajstić information content (AvgIpc) is 2.49. The van der Waals surface area contributed by atoms with Gasteiger partial charge in [-0.3, -0.25) is 0 Å². The zero-order chi connectivity index (χ0) is 14.8. The molecule has 0 saturated carbocycles. The number of anilines is 1. The number of aliphatic hydroxyl groups excluding tert-OH is 1. The minimum absolute atomic E-state index is 0.239. The van der Waals surface area contributed by atoms with E-state index in [1.54, 1.807) is 11.8 Å². The summed E-state index contributed by atoms with van der Waals surface area (Å²) in [5, 5.41) is 29.5. The lowest BCUT2D eigenvalue weighted by Gasteiger charge is -2.11. The Bertz CT molecular complexity index is 459. The van der Waals surface area contributed by atoms with Gasteiger partial charge in [-0.05, 0) is 30.6 Å². The van der Waals surface area contributed by atoms with E-state index in [1.165, 1.54) is 0 Å². The number of nitrogens with zero attached hydrogens (tertiary/aromatic N) is 3. The van der Waals surface area contributed by atoms with Crippen LogP contribution in [0.2, 0.25) is 0 Å². The van der Waals surface area contributed by atoms with Crippen molar-refractivity contribution >= 4 is 17.6 Å². The summed E-state index contributed by atoms with van der Waals surface area (Å²) in [6.45, 7) is 5.04. The van der Waals surface area contributed by atoms with Gasteiger partial charge in [0.15, 0.2) is 5.82 Å². The molecular formula is C14H22N4OS. The Balaban J connectivity index is 2.64. The van der Waals surface area contributed by atoms with Crippen LogP contribution in [-0.2, 0) is 12.8 Å².